The number of hydrogen-bond donors (Lipinski definition) is 0. The van der Waals surface area contributed by atoms with Gasteiger partial charge in [0.1, 0.15) is 6.10 Å². The topological polar surface area (TPSA) is 26.3 Å². The lowest BCUT2D eigenvalue weighted by Crippen LogP contribution is -2.55. The van der Waals surface area contributed by atoms with Crippen LogP contribution in [0.3, 0.4) is 0 Å². The maximum absolute atomic E-state index is 12.5. The van der Waals surface area contributed by atoms with Crippen LogP contribution >= 0.6 is 0 Å². The number of hydrogen-bond acceptors (Lipinski definition) is 2. The van der Waals surface area contributed by atoms with E-state index in [1.165, 1.54) is 12.8 Å². The molecule has 5 rings (SSSR count). The summed E-state index contributed by atoms with van der Waals surface area (Å²) in [6.07, 6.45) is 3.54. The van der Waals surface area contributed by atoms with Crippen LogP contribution in [0.5, 0.6) is 0 Å². The lowest BCUT2D eigenvalue weighted by atomic mass is 9.48. The zero-order chi connectivity index (χ0) is 15.3. The van der Waals surface area contributed by atoms with Gasteiger partial charge in [0.15, 0.2) is 0 Å². The molecule has 2 nitrogen and oxygen atoms in total. The second-order valence-corrected chi connectivity index (χ2v) is 7.44. The molecule has 2 bridgehead atoms. The molecule has 22 heavy (non-hydrogen) atoms. The molecule has 2 aromatic rings. The second kappa shape index (κ2) is 4.84. The van der Waals surface area contributed by atoms with Crippen molar-refractivity contribution in [3.63, 3.8) is 0 Å². The highest BCUT2D eigenvalue weighted by Crippen LogP contribution is 2.59. The summed E-state index contributed by atoms with van der Waals surface area (Å²) in [4.78, 5) is 12.5. The first-order valence-corrected chi connectivity index (χ1v) is 8.25. The van der Waals surface area contributed by atoms with Gasteiger partial charge in [-0.15, -0.1) is 0 Å². The Labute approximate surface area is 131 Å². The number of carbonyl (C=O) groups excluding carboxylic acids is 1. The van der Waals surface area contributed by atoms with Gasteiger partial charge < -0.3 is 4.74 Å². The molecular weight excluding hydrogens is 272 g/mol. The Balaban J connectivity index is 1.54. The minimum atomic E-state index is -0.170. The van der Waals surface area contributed by atoms with Gasteiger partial charge in [0.05, 0.1) is 5.56 Å². The summed E-state index contributed by atoms with van der Waals surface area (Å²) < 4.78 is 5.87. The van der Waals surface area contributed by atoms with Crippen LogP contribution in [0.4, 0.5) is 0 Å². The summed E-state index contributed by atoms with van der Waals surface area (Å²) in [5, 5.41) is 2.24. The fraction of sp³-hybridized carbons (Fsp3) is 0.450. The van der Waals surface area contributed by atoms with E-state index in [9.17, 15) is 4.79 Å². The monoisotopic (exact) mass is 294 g/mol. The van der Waals surface area contributed by atoms with Gasteiger partial charge in [-0.3, -0.25) is 0 Å². The van der Waals surface area contributed by atoms with Crippen LogP contribution in [0.1, 0.15) is 43.5 Å². The van der Waals surface area contributed by atoms with E-state index in [1.807, 2.05) is 36.4 Å². The minimum Gasteiger partial charge on any atom is -0.458 e. The molecule has 3 aliphatic rings. The van der Waals surface area contributed by atoms with E-state index in [4.69, 9.17) is 4.74 Å². The van der Waals surface area contributed by atoms with Crippen molar-refractivity contribution in [2.24, 2.45) is 17.3 Å². The molecule has 2 heteroatoms. The molecule has 0 radical (unpaired) electrons. The maximum Gasteiger partial charge on any atom is 0.338 e. The first kappa shape index (κ1) is 13.8. The molecule has 0 N–H and O–H groups in total. The Morgan fingerprint density at radius 3 is 2.59 bits per heavy atom. The van der Waals surface area contributed by atoms with Gasteiger partial charge in [0, 0.05) is 5.92 Å². The standard InChI is InChI=1S/C20H22O2/c1-20(2)16-9-10-18(17(20)12-16)22-19(21)15-8-7-13-5-3-4-6-14(13)11-15/h3-8,11,16-18H,9-10,12H2,1-2H3/t16-,17-,18+/m0/s1. The predicted molar refractivity (Wildman–Crippen MR) is 87.8 cm³/mol. The molecule has 0 unspecified atom stereocenters. The third kappa shape index (κ3) is 2.05. The zero-order valence-electron chi connectivity index (χ0n) is 13.2. The molecule has 0 spiro atoms. The molecule has 0 aromatic heterocycles. The molecule has 114 valence electrons. The highest BCUT2D eigenvalue weighted by Gasteiger charge is 2.55. The molecule has 3 fully saturated rings. The first-order chi connectivity index (χ1) is 10.6. The fourth-order valence-corrected chi connectivity index (χ4v) is 4.41. The molecule has 3 saturated carbocycles. The van der Waals surface area contributed by atoms with Gasteiger partial charge in [0.2, 0.25) is 0 Å². The Kier molecular flexibility index (Phi) is 3.04. The van der Waals surface area contributed by atoms with Crippen molar-refractivity contribution >= 4 is 16.7 Å². The highest BCUT2D eigenvalue weighted by atomic mass is 16.5. The van der Waals surface area contributed by atoms with Crippen molar-refractivity contribution in [2.45, 2.75) is 39.2 Å². The molecular formula is C20H22O2. The summed E-state index contributed by atoms with van der Waals surface area (Å²) >= 11 is 0. The Hall–Kier alpha value is -1.83. The smallest absolute Gasteiger partial charge is 0.338 e. The Morgan fingerprint density at radius 1 is 1.09 bits per heavy atom. The third-order valence-corrected chi connectivity index (χ3v) is 6.04. The van der Waals surface area contributed by atoms with Crippen molar-refractivity contribution < 1.29 is 9.53 Å². The van der Waals surface area contributed by atoms with E-state index in [0.717, 1.165) is 23.1 Å². The quantitative estimate of drug-likeness (QED) is 0.742. The Bertz CT molecular complexity index is 729. The van der Waals surface area contributed by atoms with E-state index in [0.29, 0.717) is 16.9 Å². The molecule has 0 heterocycles. The van der Waals surface area contributed by atoms with Crippen molar-refractivity contribution in [2.75, 3.05) is 0 Å². The largest absolute Gasteiger partial charge is 0.458 e. The van der Waals surface area contributed by atoms with Crippen molar-refractivity contribution in [3.05, 3.63) is 48.0 Å². The molecule has 0 amide bonds. The molecule has 3 aliphatic carbocycles. The summed E-state index contributed by atoms with van der Waals surface area (Å²) in [6.45, 7) is 4.64. The molecule has 0 saturated heterocycles. The van der Waals surface area contributed by atoms with Crippen molar-refractivity contribution in [3.8, 4) is 0 Å². The van der Waals surface area contributed by atoms with Gasteiger partial charge in [-0.25, -0.2) is 4.79 Å². The van der Waals surface area contributed by atoms with Crippen LogP contribution in [-0.2, 0) is 4.74 Å². The number of carbonyl (C=O) groups is 1. The number of fused-ring (bicyclic) bond motifs is 3. The maximum atomic E-state index is 12.5. The number of esters is 1. The first-order valence-electron chi connectivity index (χ1n) is 8.25. The highest BCUT2D eigenvalue weighted by molar-refractivity contribution is 5.95. The van der Waals surface area contributed by atoms with Crippen LogP contribution in [0, 0.1) is 17.3 Å². The minimum absolute atomic E-state index is 0.0963. The van der Waals surface area contributed by atoms with Gasteiger partial charge in [-0.05, 0) is 53.5 Å². The van der Waals surface area contributed by atoms with Gasteiger partial charge in [-0.1, -0.05) is 44.2 Å². The SMILES string of the molecule is CC1(C)[C@H]2CC[C@@H](OC(=O)c3ccc4ccccc4c3)[C@@H]1C2. The van der Waals surface area contributed by atoms with Crippen molar-refractivity contribution in [1.29, 1.82) is 0 Å². The number of rotatable bonds is 2. The zero-order valence-corrected chi connectivity index (χ0v) is 13.2. The van der Waals surface area contributed by atoms with E-state index < -0.39 is 0 Å². The molecule has 3 atom stereocenters. The van der Waals surface area contributed by atoms with Gasteiger partial charge in [-0.2, -0.15) is 0 Å². The fourth-order valence-electron chi connectivity index (χ4n) is 4.41. The van der Waals surface area contributed by atoms with Crippen LogP contribution < -0.4 is 0 Å². The lowest BCUT2D eigenvalue weighted by molar-refractivity contribution is -0.143. The van der Waals surface area contributed by atoms with Crippen LogP contribution in [0.15, 0.2) is 42.5 Å². The van der Waals surface area contributed by atoms with E-state index >= 15 is 0 Å². The summed E-state index contributed by atoms with van der Waals surface area (Å²) in [7, 11) is 0. The van der Waals surface area contributed by atoms with E-state index in [2.05, 4.69) is 19.9 Å². The average molecular weight is 294 g/mol. The van der Waals surface area contributed by atoms with Crippen LogP contribution in [0.2, 0.25) is 0 Å². The molecule has 2 aromatic carbocycles. The average Bonchev–Trinajstić information content (AvgIpc) is 2.54. The summed E-state index contributed by atoms with van der Waals surface area (Å²) in [6, 6.07) is 13.9. The van der Waals surface area contributed by atoms with Gasteiger partial charge in [0.25, 0.3) is 0 Å². The summed E-state index contributed by atoms with van der Waals surface area (Å²) in [5.41, 5.74) is 1.00. The number of benzene rings is 2. The second-order valence-electron chi connectivity index (χ2n) is 7.44. The van der Waals surface area contributed by atoms with Crippen molar-refractivity contribution in [1.82, 2.24) is 0 Å². The number of ether oxygens (including phenoxy) is 1. The molecule has 0 aliphatic heterocycles. The summed E-state index contributed by atoms with van der Waals surface area (Å²) in [5.74, 6) is 1.20. The Morgan fingerprint density at radius 2 is 1.86 bits per heavy atom. The van der Waals surface area contributed by atoms with Crippen LogP contribution in [0.25, 0.3) is 10.8 Å². The predicted octanol–water partition coefficient (Wildman–Crippen LogP) is 4.82. The lowest BCUT2D eigenvalue weighted by Gasteiger charge is -2.59. The van der Waals surface area contributed by atoms with E-state index in [1.54, 1.807) is 0 Å². The van der Waals surface area contributed by atoms with Crippen LogP contribution in [-0.4, -0.2) is 12.1 Å². The van der Waals surface area contributed by atoms with E-state index in [-0.39, 0.29) is 12.1 Å². The third-order valence-electron chi connectivity index (χ3n) is 6.04. The normalized spacial score (nSPS) is 28.9. The van der Waals surface area contributed by atoms with Gasteiger partial charge >= 0.3 is 5.97 Å².